The second-order valence-electron chi connectivity index (χ2n) is 4.36. The van der Waals surface area contributed by atoms with Gasteiger partial charge in [-0.2, -0.15) is 0 Å². The third kappa shape index (κ3) is 4.48. The van der Waals surface area contributed by atoms with E-state index in [1.807, 2.05) is 26.8 Å². The molecule has 3 nitrogen and oxygen atoms in total. The number of amides is 1. The van der Waals surface area contributed by atoms with Gasteiger partial charge in [0, 0.05) is 10.7 Å². The zero-order valence-corrected chi connectivity index (χ0v) is 12.4. The Bertz CT molecular complexity index is 410. The lowest BCUT2D eigenvalue weighted by atomic mass is 9.99. The largest absolute Gasteiger partial charge is 0.324 e. The minimum Gasteiger partial charge on any atom is -0.324 e. The molecule has 0 aromatic heterocycles. The highest BCUT2D eigenvalue weighted by Crippen LogP contribution is 2.20. The fourth-order valence-corrected chi connectivity index (χ4v) is 1.63. The Morgan fingerprint density at radius 3 is 2.67 bits per heavy atom. The van der Waals surface area contributed by atoms with Crippen molar-refractivity contribution < 1.29 is 4.79 Å². The molecule has 1 rings (SSSR count). The average molecular weight is 291 g/mol. The molecule has 1 aromatic carbocycles. The molecule has 2 unspecified atom stereocenters. The topological polar surface area (TPSA) is 55.1 Å². The van der Waals surface area contributed by atoms with E-state index in [4.69, 9.17) is 17.3 Å². The normalized spacial score (nSPS) is 13.4. The van der Waals surface area contributed by atoms with Gasteiger partial charge in [0.15, 0.2) is 0 Å². The van der Waals surface area contributed by atoms with E-state index in [1.54, 1.807) is 12.1 Å². The van der Waals surface area contributed by atoms with Crippen molar-refractivity contribution in [2.45, 2.75) is 33.2 Å². The number of anilines is 1. The van der Waals surface area contributed by atoms with Gasteiger partial charge in [-0.15, -0.1) is 12.4 Å². The number of nitrogens with two attached hydrogens (primary N) is 1. The predicted octanol–water partition coefficient (Wildman–Crippen LogP) is 3.38. The zero-order valence-electron chi connectivity index (χ0n) is 10.9. The lowest BCUT2D eigenvalue weighted by molar-refractivity contribution is -0.118. The van der Waals surface area contributed by atoms with Crippen molar-refractivity contribution in [2.75, 3.05) is 5.32 Å². The Morgan fingerprint density at radius 2 is 2.11 bits per heavy atom. The fourth-order valence-electron chi connectivity index (χ4n) is 1.46. The Labute approximate surface area is 119 Å². The lowest BCUT2D eigenvalue weighted by Crippen LogP contribution is -2.40. The van der Waals surface area contributed by atoms with Crippen LogP contribution in [0.1, 0.15) is 25.8 Å². The van der Waals surface area contributed by atoms with Gasteiger partial charge in [-0.1, -0.05) is 37.9 Å². The van der Waals surface area contributed by atoms with Crippen LogP contribution in [0.5, 0.6) is 0 Å². The Balaban J connectivity index is 0.00000289. The second kappa shape index (κ2) is 7.62. The van der Waals surface area contributed by atoms with Gasteiger partial charge in [-0.3, -0.25) is 4.79 Å². The van der Waals surface area contributed by atoms with Crippen molar-refractivity contribution in [3.63, 3.8) is 0 Å². The number of benzene rings is 1. The summed E-state index contributed by atoms with van der Waals surface area (Å²) in [5, 5.41) is 3.42. The van der Waals surface area contributed by atoms with E-state index in [1.165, 1.54) is 0 Å². The SMILES string of the molecule is CCC(C)C(N)C(=O)Nc1cc(Cl)ccc1C.Cl. The quantitative estimate of drug-likeness (QED) is 0.893. The highest BCUT2D eigenvalue weighted by molar-refractivity contribution is 6.31. The number of carbonyl (C=O) groups excluding carboxylic acids is 1. The minimum atomic E-state index is -0.488. The molecule has 1 amide bonds. The van der Waals surface area contributed by atoms with Crippen LogP contribution in [-0.4, -0.2) is 11.9 Å². The third-order valence-electron chi connectivity index (χ3n) is 3.02. The molecule has 3 N–H and O–H groups in total. The number of halogens is 2. The molecule has 0 fully saturated rings. The summed E-state index contributed by atoms with van der Waals surface area (Å²) in [5.74, 6) is -0.000734. The first-order chi connectivity index (χ1) is 7.95. The van der Waals surface area contributed by atoms with Gasteiger partial charge in [0.05, 0.1) is 6.04 Å². The molecule has 0 aliphatic rings. The van der Waals surface area contributed by atoms with E-state index in [9.17, 15) is 4.79 Å². The van der Waals surface area contributed by atoms with Crippen LogP contribution in [0.2, 0.25) is 5.02 Å². The van der Waals surface area contributed by atoms with E-state index in [-0.39, 0.29) is 24.2 Å². The molecule has 0 saturated carbocycles. The molecule has 1 aromatic rings. The van der Waals surface area contributed by atoms with Gasteiger partial charge in [0.1, 0.15) is 0 Å². The van der Waals surface area contributed by atoms with Crippen molar-refractivity contribution in [2.24, 2.45) is 11.7 Å². The van der Waals surface area contributed by atoms with Crippen molar-refractivity contribution in [1.29, 1.82) is 0 Å². The lowest BCUT2D eigenvalue weighted by Gasteiger charge is -2.18. The molecule has 0 heterocycles. The van der Waals surface area contributed by atoms with Crippen molar-refractivity contribution >= 4 is 35.6 Å². The van der Waals surface area contributed by atoms with Crippen molar-refractivity contribution in [3.8, 4) is 0 Å². The third-order valence-corrected chi connectivity index (χ3v) is 3.25. The van der Waals surface area contributed by atoms with Crippen LogP contribution in [0.3, 0.4) is 0 Å². The van der Waals surface area contributed by atoms with E-state index in [2.05, 4.69) is 5.32 Å². The van der Waals surface area contributed by atoms with E-state index in [0.717, 1.165) is 17.7 Å². The zero-order chi connectivity index (χ0) is 13.0. The van der Waals surface area contributed by atoms with Crippen LogP contribution in [-0.2, 0) is 4.79 Å². The summed E-state index contributed by atoms with van der Waals surface area (Å²) in [6.07, 6.45) is 0.878. The number of aryl methyl sites for hydroxylation is 1. The summed E-state index contributed by atoms with van der Waals surface area (Å²) >= 11 is 5.89. The fraction of sp³-hybridized carbons (Fsp3) is 0.462. The van der Waals surface area contributed by atoms with Crippen LogP contribution >= 0.6 is 24.0 Å². The highest BCUT2D eigenvalue weighted by Gasteiger charge is 2.19. The van der Waals surface area contributed by atoms with E-state index < -0.39 is 6.04 Å². The first-order valence-electron chi connectivity index (χ1n) is 5.78. The highest BCUT2D eigenvalue weighted by atomic mass is 35.5. The van der Waals surface area contributed by atoms with Gasteiger partial charge >= 0.3 is 0 Å². The summed E-state index contributed by atoms with van der Waals surface area (Å²) in [5.41, 5.74) is 7.56. The Kier molecular flexibility index (Phi) is 7.29. The number of carbonyl (C=O) groups is 1. The van der Waals surface area contributed by atoms with Crippen LogP contribution < -0.4 is 11.1 Å². The molecule has 0 aliphatic carbocycles. The smallest absolute Gasteiger partial charge is 0.241 e. The second-order valence-corrected chi connectivity index (χ2v) is 4.80. The van der Waals surface area contributed by atoms with Gasteiger partial charge in [-0.05, 0) is 30.5 Å². The van der Waals surface area contributed by atoms with Crippen LogP contribution in [0.15, 0.2) is 18.2 Å². The first-order valence-corrected chi connectivity index (χ1v) is 6.16. The van der Waals surface area contributed by atoms with Crippen molar-refractivity contribution in [1.82, 2.24) is 0 Å². The molecule has 0 aliphatic heterocycles. The molecule has 0 radical (unpaired) electrons. The molecule has 102 valence electrons. The van der Waals surface area contributed by atoms with Gasteiger partial charge in [-0.25, -0.2) is 0 Å². The summed E-state index contributed by atoms with van der Waals surface area (Å²) in [7, 11) is 0. The molecule has 0 saturated heterocycles. The molecular weight excluding hydrogens is 271 g/mol. The summed E-state index contributed by atoms with van der Waals surface area (Å²) in [6, 6.07) is 4.91. The van der Waals surface area contributed by atoms with Crippen LogP contribution in [0, 0.1) is 12.8 Å². The van der Waals surface area contributed by atoms with E-state index in [0.29, 0.717) is 5.02 Å². The summed E-state index contributed by atoms with van der Waals surface area (Å²) in [4.78, 5) is 11.9. The van der Waals surface area contributed by atoms with Crippen LogP contribution in [0.25, 0.3) is 0 Å². The molecular formula is C13H20Cl2N2O. The molecule has 2 atom stereocenters. The van der Waals surface area contributed by atoms with Crippen LogP contribution in [0.4, 0.5) is 5.69 Å². The maximum Gasteiger partial charge on any atom is 0.241 e. The first kappa shape index (κ1) is 17.2. The average Bonchev–Trinajstić information content (AvgIpc) is 2.31. The summed E-state index contributed by atoms with van der Waals surface area (Å²) in [6.45, 7) is 5.90. The van der Waals surface area contributed by atoms with E-state index >= 15 is 0 Å². The Morgan fingerprint density at radius 1 is 1.50 bits per heavy atom. The van der Waals surface area contributed by atoms with Gasteiger partial charge in [0.25, 0.3) is 0 Å². The Hall–Kier alpha value is -0.770. The number of rotatable bonds is 4. The predicted molar refractivity (Wildman–Crippen MR) is 79.5 cm³/mol. The maximum atomic E-state index is 11.9. The van der Waals surface area contributed by atoms with Crippen molar-refractivity contribution in [3.05, 3.63) is 28.8 Å². The molecule has 0 bridgehead atoms. The summed E-state index contributed by atoms with van der Waals surface area (Å²) < 4.78 is 0. The minimum absolute atomic E-state index is 0. The number of nitrogens with one attached hydrogen (secondary N) is 1. The maximum absolute atomic E-state index is 11.9. The standard InChI is InChI=1S/C13H19ClN2O.ClH/c1-4-8(2)12(15)13(17)16-11-7-10(14)6-5-9(11)3;/h5-8,12H,4,15H2,1-3H3,(H,16,17);1H. The monoisotopic (exact) mass is 290 g/mol. The number of hydrogen-bond donors (Lipinski definition) is 2. The molecule has 18 heavy (non-hydrogen) atoms. The number of hydrogen-bond acceptors (Lipinski definition) is 2. The molecule has 5 heteroatoms. The van der Waals surface area contributed by atoms with Gasteiger partial charge < -0.3 is 11.1 Å². The van der Waals surface area contributed by atoms with Gasteiger partial charge in [0.2, 0.25) is 5.91 Å². The molecule has 0 spiro atoms.